The fourth-order valence-electron chi connectivity index (χ4n) is 2.48. The van der Waals surface area contributed by atoms with Crippen molar-refractivity contribution >= 4 is 11.8 Å². The minimum Gasteiger partial charge on any atom is -0.482 e. The predicted molar refractivity (Wildman–Crippen MR) is 87.8 cm³/mol. The van der Waals surface area contributed by atoms with E-state index < -0.39 is 18.1 Å². The van der Waals surface area contributed by atoms with Gasteiger partial charge in [-0.05, 0) is 36.8 Å². The molecule has 0 aromatic heterocycles. The third kappa shape index (κ3) is 3.32. The van der Waals surface area contributed by atoms with E-state index in [-0.39, 0.29) is 5.91 Å². The van der Waals surface area contributed by atoms with Gasteiger partial charge in [0.2, 0.25) is 12.0 Å². The fourth-order valence-corrected chi connectivity index (χ4v) is 2.48. The maximum absolute atomic E-state index is 12.4. The minimum absolute atomic E-state index is 0.254. The number of primary amides is 1. The number of rotatable bonds is 4. The highest BCUT2D eigenvalue weighted by Gasteiger charge is 2.33. The number of nitrogens with two attached hydrogens (primary N) is 1. The molecule has 0 saturated carbocycles. The zero-order chi connectivity index (χ0) is 17.1. The van der Waals surface area contributed by atoms with Crippen molar-refractivity contribution in [3.63, 3.8) is 0 Å². The van der Waals surface area contributed by atoms with Gasteiger partial charge in [0, 0.05) is 12.1 Å². The van der Waals surface area contributed by atoms with Gasteiger partial charge in [0.1, 0.15) is 6.10 Å². The van der Waals surface area contributed by atoms with E-state index in [1.165, 1.54) is 0 Å². The average molecular weight is 326 g/mol. The van der Waals surface area contributed by atoms with E-state index in [0.29, 0.717) is 23.6 Å². The van der Waals surface area contributed by atoms with Crippen LogP contribution in [0.2, 0.25) is 0 Å². The third-order valence-electron chi connectivity index (χ3n) is 3.81. The molecular weight excluding hydrogens is 308 g/mol. The second-order valence-electron chi connectivity index (χ2n) is 5.59. The van der Waals surface area contributed by atoms with Gasteiger partial charge >= 0.3 is 0 Å². The lowest BCUT2D eigenvalue weighted by Crippen LogP contribution is -2.48. The zero-order valence-electron chi connectivity index (χ0n) is 13.2. The van der Waals surface area contributed by atoms with Crippen molar-refractivity contribution < 1.29 is 19.1 Å². The molecular formula is C18H18N2O4. The van der Waals surface area contributed by atoms with Crippen molar-refractivity contribution in [2.75, 3.05) is 0 Å². The Hall–Kier alpha value is -3.02. The number of carbonyl (C=O) groups excluding carboxylic acids is 2. The van der Waals surface area contributed by atoms with Gasteiger partial charge < -0.3 is 20.5 Å². The summed E-state index contributed by atoms with van der Waals surface area (Å²) in [5.41, 5.74) is 6.49. The number of ether oxygens (including phenoxy) is 2. The molecule has 0 unspecified atom stereocenters. The normalized spacial score (nSPS) is 18.7. The monoisotopic (exact) mass is 326 g/mol. The molecule has 2 aromatic rings. The summed E-state index contributed by atoms with van der Waals surface area (Å²) in [6.45, 7) is 2.12. The Balaban J connectivity index is 1.62. The number of carbonyl (C=O) groups is 2. The lowest BCUT2D eigenvalue weighted by Gasteiger charge is -2.31. The van der Waals surface area contributed by atoms with E-state index in [1.807, 2.05) is 12.1 Å². The topological polar surface area (TPSA) is 90.7 Å². The van der Waals surface area contributed by atoms with E-state index in [4.69, 9.17) is 15.2 Å². The highest BCUT2D eigenvalue weighted by molar-refractivity contribution is 5.92. The molecule has 1 aliphatic rings. The van der Waals surface area contributed by atoms with Gasteiger partial charge in [-0.3, -0.25) is 9.59 Å². The first-order chi connectivity index (χ1) is 11.5. The number of hydrogen-bond donors (Lipinski definition) is 2. The lowest BCUT2D eigenvalue weighted by molar-refractivity contribution is -0.133. The minimum atomic E-state index is -0.718. The van der Waals surface area contributed by atoms with Crippen LogP contribution in [0.25, 0.3) is 0 Å². The molecule has 0 saturated heterocycles. The Morgan fingerprint density at radius 2 is 1.67 bits per heavy atom. The quantitative estimate of drug-likeness (QED) is 0.893. The van der Waals surface area contributed by atoms with E-state index in [1.54, 1.807) is 43.3 Å². The summed E-state index contributed by atoms with van der Waals surface area (Å²) >= 11 is 0. The second kappa shape index (κ2) is 6.62. The van der Waals surface area contributed by atoms with Crippen LogP contribution in [0.4, 0.5) is 0 Å². The number of para-hydroxylation sites is 2. The van der Waals surface area contributed by atoms with Crippen LogP contribution < -0.4 is 20.5 Å². The first kappa shape index (κ1) is 15.9. The van der Waals surface area contributed by atoms with Gasteiger partial charge in [0.25, 0.3) is 5.91 Å². The largest absolute Gasteiger partial charge is 0.482 e. The molecule has 1 heterocycles. The van der Waals surface area contributed by atoms with E-state index >= 15 is 0 Å². The van der Waals surface area contributed by atoms with Crippen LogP contribution in [-0.2, 0) is 11.3 Å². The molecule has 2 aromatic carbocycles. The van der Waals surface area contributed by atoms with Crippen molar-refractivity contribution in [2.24, 2.45) is 5.73 Å². The highest BCUT2D eigenvalue weighted by atomic mass is 16.6. The number of nitrogens with one attached hydrogen (secondary N) is 1. The number of hydrogen-bond acceptors (Lipinski definition) is 4. The molecule has 3 N–H and O–H groups in total. The maximum atomic E-state index is 12.4. The average Bonchev–Trinajstić information content (AvgIpc) is 2.59. The van der Waals surface area contributed by atoms with Gasteiger partial charge in [0.05, 0.1) is 0 Å². The standard InChI is InChI=1S/C18H18N2O4/c1-11-16(24-15-5-3-2-4-14(15)23-11)18(22)20-10-12-6-8-13(9-7-12)17(19)21/h2-9,11,16H,10H2,1H3,(H2,19,21)(H,20,22)/t11-,16-/m0/s1. The van der Waals surface area contributed by atoms with Crippen LogP contribution in [0.3, 0.4) is 0 Å². The van der Waals surface area contributed by atoms with E-state index in [0.717, 1.165) is 5.56 Å². The summed E-state index contributed by atoms with van der Waals surface area (Å²) in [6.07, 6.45) is -1.11. The van der Waals surface area contributed by atoms with Crippen molar-refractivity contribution in [2.45, 2.75) is 25.7 Å². The van der Waals surface area contributed by atoms with Crippen LogP contribution in [-0.4, -0.2) is 24.0 Å². The molecule has 0 fully saturated rings. The third-order valence-corrected chi connectivity index (χ3v) is 3.81. The van der Waals surface area contributed by atoms with Crippen LogP contribution in [0.5, 0.6) is 11.5 Å². The second-order valence-corrected chi connectivity index (χ2v) is 5.59. The molecule has 6 heteroatoms. The molecule has 2 amide bonds. The summed E-state index contributed by atoms with van der Waals surface area (Å²) in [5.74, 6) is 0.458. The Morgan fingerprint density at radius 1 is 1.04 bits per heavy atom. The van der Waals surface area contributed by atoms with Crippen LogP contribution >= 0.6 is 0 Å². The summed E-state index contributed by atoms with van der Waals surface area (Å²) < 4.78 is 11.5. The first-order valence-corrected chi connectivity index (χ1v) is 7.63. The van der Waals surface area contributed by atoms with Crippen LogP contribution in [0, 0.1) is 0 Å². The molecule has 0 radical (unpaired) electrons. The van der Waals surface area contributed by atoms with Gasteiger partial charge in [0.15, 0.2) is 11.5 Å². The fraction of sp³-hybridized carbons (Fsp3) is 0.222. The van der Waals surface area contributed by atoms with Gasteiger partial charge in [-0.15, -0.1) is 0 Å². The summed E-state index contributed by atoms with van der Waals surface area (Å²) in [7, 11) is 0. The number of fused-ring (bicyclic) bond motifs is 1. The van der Waals surface area contributed by atoms with Crippen molar-refractivity contribution in [3.8, 4) is 11.5 Å². The summed E-state index contributed by atoms with van der Waals surface area (Å²) in [6, 6.07) is 14.0. The lowest BCUT2D eigenvalue weighted by atomic mass is 10.1. The van der Waals surface area contributed by atoms with Crippen LogP contribution in [0.1, 0.15) is 22.8 Å². The van der Waals surface area contributed by atoms with E-state index in [9.17, 15) is 9.59 Å². The molecule has 0 aliphatic carbocycles. The number of benzene rings is 2. The molecule has 124 valence electrons. The maximum Gasteiger partial charge on any atom is 0.265 e. The Kier molecular flexibility index (Phi) is 4.37. The van der Waals surface area contributed by atoms with Crippen molar-refractivity contribution in [3.05, 3.63) is 59.7 Å². The highest BCUT2D eigenvalue weighted by Crippen LogP contribution is 2.33. The van der Waals surface area contributed by atoms with Crippen LogP contribution in [0.15, 0.2) is 48.5 Å². The Bertz CT molecular complexity index is 758. The smallest absolute Gasteiger partial charge is 0.265 e. The zero-order valence-corrected chi connectivity index (χ0v) is 13.2. The first-order valence-electron chi connectivity index (χ1n) is 7.63. The van der Waals surface area contributed by atoms with Gasteiger partial charge in [-0.25, -0.2) is 0 Å². The van der Waals surface area contributed by atoms with Crippen molar-refractivity contribution in [1.29, 1.82) is 0 Å². The predicted octanol–water partition coefficient (Wildman–Crippen LogP) is 1.63. The summed E-state index contributed by atoms with van der Waals surface area (Å²) in [5, 5.41) is 2.82. The van der Waals surface area contributed by atoms with Crippen molar-refractivity contribution in [1.82, 2.24) is 5.32 Å². The molecule has 1 aliphatic heterocycles. The number of amides is 2. The van der Waals surface area contributed by atoms with Gasteiger partial charge in [-0.1, -0.05) is 24.3 Å². The molecule has 2 atom stereocenters. The van der Waals surface area contributed by atoms with E-state index in [2.05, 4.69) is 5.32 Å². The summed E-state index contributed by atoms with van der Waals surface area (Å²) in [4.78, 5) is 23.4. The van der Waals surface area contributed by atoms with Gasteiger partial charge in [-0.2, -0.15) is 0 Å². The SMILES string of the molecule is C[C@@H]1Oc2ccccc2O[C@@H]1C(=O)NCc1ccc(C(N)=O)cc1. The molecule has 3 rings (SSSR count). The molecule has 0 bridgehead atoms. The molecule has 24 heavy (non-hydrogen) atoms. The Morgan fingerprint density at radius 3 is 2.29 bits per heavy atom. The Labute approximate surface area is 139 Å². The molecule has 0 spiro atoms. The molecule has 6 nitrogen and oxygen atoms in total.